The van der Waals surface area contributed by atoms with E-state index in [0.29, 0.717) is 6.61 Å². The molecule has 0 amide bonds. The number of anilines is 1. The normalized spacial score (nSPS) is 10.3. The Hall–Kier alpha value is -2.10. The highest BCUT2D eigenvalue weighted by atomic mass is 16.5. The standard InChI is InChI=1S/C15H19N3O/c1-4-16-15-9-17-13(8-18-15)10-19-14-6-11(2)5-12(3)7-14/h5-9H,4,10H2,1-3H3,(H,16,18). The summed E-state index contributed by atoms with van der Waals surface area (Å²) in [5.74, 6) is 1.66. The average molecular weight is 257 g/mol. The maximum Gasteiger partial charge on any atom is 0.144 e. The molecule has 0 spiro atoms. The first-order valence-corrected chi connectivity index (χ1v) is 6.43. The number of ether oxygens (including phenoxy) is 1. The van der Waals surface area contributed by atoms with E-state index < -0.39 is 0 Å². The number of nitrogens with zero attached hydrogens (tertiary/aromatic N) is 2. The number of rotatable bonds is 5. The van der Waals surface area contributed by atoms with Gasteiger partial charge in [0, 0.05) is 6.54 Å². The Kier molecular flexibility index (Phi) is 4.34. The van der Waals surface area contributed by atoms with Gasteiger partial charge in [0.2, 0.25) is 0 Å². The van der Waals surface area contributed by atoms with Crippen molar-refractivity contribution >= 4 is 5.82 Å². The van der Waals surface area contributed by atoms with Crippen LogP contribution in [0.15, 0.2) is 30.6 Å². The van der Waals surface area contributed by atoms with Crippen molar-refractivity contribution in [3.05, 3.63) is 47.4 Å². The van der Waals surface area contributed by atoms with Crippen LogP contribution in [0.2, 0.25) is 0 Å². The van der Waals surface area contributed by atoms with Crippen molar-refractivity contribution in [1.82, 2.24) is 9.97 Å². The molecule has 100 valence electrons. The molecule has 0 saturated heterocycles. The number of aryl methyl sites for hydroxylation is 2. The van der Waals surface area contributed by atoms with Crippen molar-refractivity contribution in [3.63, 3.8) is 0 Å². The molecule has 0 unspecified atom stereocenters. The highest BCUT2D eigenvalue weighted by molar-refractivity contribution is 5.33. The molecule has 1 aromatic heterocycles. The van der Waals surface area contributed by atoms with Gasteiger partial charge in [-0.2, -0.15) is 0 Å². The minimum atomic E-state index is 0.433. The van der Waals surface area contributed by atoms with Crippen LogP contribution in [0.25, 0.3) is 0 Å². The molecule has 1 aromatic carbocycles. The smallest absolute Gasteiger partial charge is 0.144 e. The van der Waals surface area contributed by atoms with Crippen LogP contribution >= 0.6 is 0 Å². The van der Waals surface area contributed by atoms with E-state index in [4.69, 9.17) is 4.74 Å². The molecule has 0 atom stereocenters. The fraction of sp³-hybridized carbons (Fsp3) is 0.333. The molecular weight excluding hydrogens is 238 g/mol. The summed E-state index contributed by atoms with van der Waals surface area (Å²) >= 11 is 0. The molecule has 4 nitrogen and oxygen atoms in total. The number of hydrogen-bond donors (Lipinski definition) is 1. The van der Waals surface area contributed by atoms with Gasteiger partial charge >= 0.3 is 0 Å². The molecule has 0 aliphatic heterocycles. The SMILES string of the molecule is CCNc1cnc(COc2cc(C)cc(C)c2)cn1. The third kappa shape index (κ3) is 3.95. The predicted molar refractivity (Wildman–Crippen MR) is 76.4 cm³/mol. The first-order valence-electron chi connectivity index (χ1n) is 6.43. The molecule has 0 aliphatic rings. The van der Waals surface area contributed by atoms with Crippen molar-refractivity contribution in [2.45, 2.75) is 27.4 Å². The Morgan fingerprint density at radius 1 is 1.05 bits per heavy atom. The summed E-state index contributed by atoms with van der Waals surface area (Å²) in [6.45, 7) is 7.42. The summed E-state index contributed by atoms with van der Waals surface area (Å²) in [7, 11) is 0. The van der Waals surface area contributed by atoms with Gasteiger partial charge in [-0.05, 0) is 44.0 Å². The van der Waals surface area contributed by atoms with E-state index in [1.807, 2.05) is 19.1 Å². The zero-order valence-electron chi connectivity index (χ0n) is 11.6. The summed E-state index contributed by atoms with van der Waals surface area (Å²) in [5, 5.41) is 3.11. The summed E-state index contributed by atoms with van der Waals surface area (Å²) in [6.07, 6.45) is 3.46. The molecule has 0 aliphatic carbocycles. The summed E-state index contributed by atoms with van der Waals surface area (Å²) in [4.78, 5) is 8.57. The van der Waals surface area contributed by atoms with Gasteiger partial charge in [0.15, 0.2) is 0 Å². The van der Waals surface area contributed by atoms with Gasteiger partial charge in [0.05, 0.1) is 18.1 Å². The number of benzene rings is 1. The molecule has 2 aromatic rings. The summed E-state index contributed by atoms with van der Waals surface area (Å²) < 4.78 is 5.73. The quantitative estimate of drug-likeness (QED) is 0.894. The van der Waals surface area contributed by atoms with Crippen molar-refractivity contribution < 1.29 is 4.74 Å². The molecule has 0 saturated carbocycles. The molecule has 0 radical (unpaired) electrons. The third-order valence-electron chi connectivity index (χ3n) is 2.65. The third-order valence-corrected chi connectivity index (χ3v) is 2.65. The molecule has 1 heterocycles. The lowest BCUT2D eigenvalue weighted by molar-refractivity contribution is 0.300. The van der Waals surface area contributed by atoms with E-state index in [2.05, 4.69) is 35.2 Å². The Morgan fingerprint density at radius 3 is 2.37 bits per heavy atom. The van der Waals surface area contributed by atoms with E-state index in [1.165, 1.54) is 11.1 Å². The molecule has 2 rings (SSSR count). The van der Waals surface area contributed by atoms with Crippen LogP contribution in [0.3, 0.4) is 0 Å². The lowest BCUT2D eigenvalue weighted by Gasteiger charge is -2.08. The lowest BCUT2D eigenvalue weighted by atomic mass is 10.1. The van der Waals surface area contributed by atoms with Gasteiger partial charge in [0.25, 0.3) is 0 Å². The van der Waals surface area contributed by atoms with Crippen LogP contribution in [0.4, 0.5) is 5.82 Å². The fourth-order valence-corrected chi connectivity index (χ4v) is 1.88. The Morgan fingerprint density at radius 2 is 1.79 bits per heavy atom. The predicted octanol–water partition coefficient (Wildman–Crippen LogP) is 3.10. The van der Waals surface area contributed by atoms with E-state index in [1.54, 1.807) is 12.4 Å². The van der Waals surface area contributed by atoms with Crippen LogP contribution in [-0.2, 0) is 6.61 Å². The first-order chi connectivity index (χ1) is 9.17. The fourth-order valence-electron chi connectivity index (χ4n) is 1.88. The summed E-state index contributed by atoms with van der Waals surface area (Å²) in [5.41, 5.74) is 3.22. The maximum atomic E-state index is 5.73. The monoisotopic (exact) mass is 257 g/mol. The van der Waals surface area contributed by atoms with Gasteiger partial charge in [0.1, 0.15) is 18.2 Å². The van der Waals surface area contributed by atoms with Gasteiger partial charge in [-0.1, -0.05) is 6.07 Å². The molecule has 1 N–H and O–H groups in total. The average Bonchev–Trinajstić information content (AvgIpc) is 2.37. The van der Waals surface area contributed by atoms with Crippen LogP contribution in [0, 0.1) is 13.8 Å². The second-order valence-electron chi connectivity index (χ2n) is 4.54. The highest BCUT2D eigenvalue weighted by Gasteiger charge is 2.00. The highest BCUT2D eigenvalue weighted by Crippen LogP contribution is 2.17. The molecular formula is C15H19N3O. The second-order valence-corrected chi connectivity index (χ2v) is 4.54. The van der Waals surface area contributed by atoms with Crippen LogP contribution in [0.1, 0.15) is 23.7 Å². The molecule has 19 heavy (non-hydrogen) atoms. The molecule has 4 heteroatoms. The minimum absolute atomic E-state index is 0.433. The van der Waals surface area contributed by atoms with Gasteiger partial charge in [-0.15, -0.1) is 0 Å². The van der Waals surface area contributed by atoms with Crippen molar-refractivity contribution in [2.24, 2.45) is 0 Å². The molecule has 0 fully saturated rings. The lowest BCUT2D eigenvalue weighted by Crippen LogP contribution is -2.03. The number of nitrogens with one attached hydrogen (secondary N) is 1. The van der Waals surface area contributed by atoms with Crippen LogP contribution < -0.4 is 10.1 Å². The van der Waals surface area contributed by atoms with E-state index in [0.717, 1.165) is 23.8 Å². The zero-order valence-corrected chi connectivity index (χ0v) is 11.6. The van der Waals surface area contributed by atoms with Gasteiger partial charge < -0.3 is 10.1 Å². The Balaban J connectivity index is 1.98. The Labute approximate surface area is 113 Å². The van der Waals surface area contributed by atoms with Crippen molar-refractivity contribution in [1.29, 1.82) is 0 Å². The summed E-state index contributed by atoms with van der Waals surface area (Å²) in [6, 6.07) is 6.17. The minimum Gasteiger partial charge on any atom is -0.487 e. The van der Waals surface area contributed by atoms with Gasteiger partial charge in [-0.3, -0.25) is 4.98 Å². The molecule has 0 bridgehead atoms. The number of aromatic nitrogens is 2. The van der Waals surface area contributed by atoms with Crippen molar-refractivity contribution in [2.75, 3.05) is 11.9 Å². The van der Waals surface area contributed by atoms with E-state index >= 15 is 0 Å². The number of hydrogen-bond acceptors (Lipinski definition) is 4. The second kappa shape index (κ2) is 6.18. The van der Waals surface area contributed by atoms with E-state index in [9.17, 15) is 0 Å². The van der Waals surface area contributed by atoms with Crippen LogP contribution in [0.5, 0.6) is 5.75 Å². The Bertz CT molecular complexity index is 517. The van der Waals surface area contributed by atoms with E-state index in [-0.39, 0.29) is 0 Å². The van der Waals surface area contributed by atoms with Crippen LogP contribution in [-0.4, -0.2) is 16.5 Å². The van der Waals surface area contributed by atoms with Crippen molar-refractivity contribution in [3.8, 4) is 5.75 Å². The largest absolute Gasteiger partial charge is 0.487 e. The van der Waals surface area contributed by atoms with Gasteiger partial charge in [-0.25, -0.2) is 4.98 Å². The first kappa shape index (κ1) is 13.3. The zero-order chi connectivity index (χ0) is 13.7. The maximum absolute atomic E-state index is 5.73. The topological polar surface area (TPSA) is 47.0 Å².